The summed E-state index contributed by atoms with van der Waals surface area (Å²) in [5, 5.41) is 8.75. The molecule has 0 fully saturated rings. The summed E-state index contributed by atoms with van der Waals surface area (Å²) in [5.41, 5.74) is 0.242. The normalized spacial score (nSPS) is 10.3. The zero-order valence-electron chi connectivity index (χ0n) is 11.2. The maximum atomic E-state index is 12.1. The standard InChI is InChI=1S/C14H14N2O4/c1-9-3-5-11(20-9)8-16(2)13(17)10-4-6-12(14(18)19)15-7-10/h3-7H,8H2,1-2H3,(H,18,19). The second-order valence-electron chi connectivity index (χ2n) is 4.41. The molecular weight excluding hydrogens is 260 g/mol. The minimum absolute atomic E-state index is 0.0918. The average Bonchev–Trinajstić information content (AvgIpc) is 2.83. The lowest BCUT2D eigenvalue weighted by molar-refractivity contribution is 0.0688. The second kappa shape index (κ2) is 5.56. The van der Waals surface area contributed by atoms with E-state index in [0.717, 1.165) is 5.76 Å². The van der Waals surface area contributed by atoms with Crippen LogP contribution in [-0.2, 0) is 6.54 Å². The quantitative estimate of drug-likeness (QED) is 0.921. The Bertz CT molecular complexity index is 631. The number of carbonyl (C=O) groups is 2. The largest absolute Gasteiger partial charge is 0.477 e. The summed E-state index contributed by atoms with van der Waals surface area (Å²) in [6.45, 7) is 2.17. The lowest BCUT2D eigenvalue weighted by Crippen LogP contribution is -2.26. The number of aryl methyl sites for hydroxylation is 1. The van der Waals surface area contributed by atoms with Crippen molar-refractivity contribution in [2.45, 2.75) is 13.5 Å². The van der Waals surface area contributed by atoms with Crippen LogP contribution >= 0.6 is 0 Å². The highest BCUT2D eigenvalue weighted by molar-refractivity contribution is 5.94. The summed E-state index contributed by atoms with van der Waals surface area (Å²) in [4.78, 5) is 28.0. The van der Waals surface area contributed by atoms with Crippen LogP contribution in [0.15, 0.2) is 34.9 Å². The summed E-state index contributed by atoms with van der Waals surface area (Å²) in [6.07, 6.45) is 1.26. The Morgan fingerprint density at radius 3 is 2.55 bits per heavy atom. The van der Waals surface area contributed by atoms with Crippen molar-refractivity contribution in [1.82, 2.24) is 9.88 Å². The minimum atomic E-state index is -1.12. The molecule has 2 rings (SSSR count). The third kappa shape index (κ3) is 3.03. The fraction of sp³-hybridized carbons (Fsp3) is 0.214. The molecule has 6 heteroatoms. The van der Waals surface area contributed by atoms with Crippen LogP contribution in [0.25, 0.3) is 0 Å². The molecular formula is C14H14N2O4. The van der Waals surface area contributed by atoms with E-state index in [1.165, 1.54) is 23.2 Å². The first-order chi connectivity index (χ1) is 9.47. The fourth-order valence-corrected chi connectivity index (χ4v) is 1.74. The highest BCUT2D eigenvalue weighted by atomic mass is 16.4. The second-order valence-corrected chi connectivity index (χ2v) is 4.41. The predicted molar refractivity (Wildman–Crippen MR) is 70.4 cm³/mol. The average molecular weight is 274 g/mol. The third-order valence-corrected chi connectivity index (χ3v) is 2.77. The van der Waals surface area contributed by atoms with Crippen molar-refractivity contribution in [1.29, 1.82) is 0 Å². The van der Waals surface area contributed by atoms with Crippen LogP contribution in [0.4, 0.5) is 0 Å². The van der Waals surface area contributed by atoms with Gasteiger partial charge in [-0.3, -0.25) is 4.79 Å². The third-order valence-electron chi connectivity index (χ3n) is 2.77. The van der Waals surface area contributed by atoms with Crippen LogP contribution in [0.3, 0.4) is 0 Å². The Hall–Kier alpha value is -2.63. The predicted octanol–water partition coefficient (Wildman–Crippen LogP) is 1.95. The van der Waals surface area contributed by atoms with Crippen molar-refractivity contribution in [2.24, 2.45) is 0 Å². The Morgan fingerprint density at radius 1 is 1.30 bits per heavy atom. The van der Waals surface area contributed by atoms with Gasteiger partial charge in [0.05, 0.1) is 12.1 Å². The number of hydrogen-bond donors (Lipinski definition) is 1. The number of hydrogen-bond acceptors (Lipinski definition) is 4. The van der Waals surface area contributed by atoms with Gasteiger partial charge in [-0.05, 0) is 31.2 Å². The minimum Gasteiger partial charge on any atom is -0.477 e. The van der Waals surface area contributed by atoms with Crippen LogP contribution in [-0.4, -0.2) is 33.9 Å². The number of aromatic carboxylic acids is 1. The Kier molecular flexibility index (Phi) is 3.84. The van der Waals surface area contributed by atoms with Gasteiger partial charge >= 0.3 is 5.97 Å². The van der Waals surface area contributed by atoms with Crippen molar-refractivity contribution >= 4 is 11.9 Å². The number of carboxylic acid groups (broad SMARTS) is 1. The van der Waals surface area contributed by atoms with Gasteiger partial charge in [-0.15, -0.1) is 0 Å². The van der Waals surface area contributed by atoms with Gasteiger partial charge in [-0.25, -0.2) is 9.78 Å². The van der Waals surface area contributed by atoms with E-state index in [0.29, 0.717) is 17.9 Å². The molecule has 0 radical (unpaired) electrons. The van der Waals surface area contributed by atoms with Gasteiger partial charge in [0.1, 0.15) is 17.2 Å². The van der Waals surface area contributed by atoms with Crippen molar-refractivity contribution in [2.75, 3.05) is 7.05 Å². The van der Waals surface area contributed by atoms with Gasteiger partial charge in [0, 0.05) is 13.2 Å². The first kappa shape index (κ1) is 13.8. The molecule has 1 N–H and O–H groups in total. The molecule has 6 nitrogen and oxygen atoms in total. The summed E-state index contributed by atoms with van der Waals surface area (Å²) in [7, 11) is 1.64. The molecule has 0 unspecified atom stereocenters. The molecule has 2 aromatic rings. The van der Waals surface area contributed by atoms with Crippen LogP contribution < -0.4 is 0 Å². The molecule has 0 aliphatic heterocycles. The number of pyridine rings is 1. The van der Waals surface area contributed by atoms with E-state index >= 15 is 0 Å². The van der Waals surface area contributed by atoms with Crippen molar-refractivity contribution < 1.29 is 19.1 Å². The smallest absolute Gasteiger partial charge is 0.354 e. The van der Waals surface area contributed by atoms with Gasteiger partial charge in [0.25, 0.3) is 5.91 Å². The molecule has 0 aliphatic rings. The number of aromatic nitrogens is 1. The maximum absolute atomic E-state index is 12.1. The topological polar surface area (TPSA) is 83.6 Å². The van der Waals surface area contributed by atoms with Crippen LogP contribution in [0.1, 0.15) is 32.4 Å². The molecule has 0 saturated carbocycles. The van der Waals surface area contributed by atoms with E-state index in [2.05, 4.69) is 4.98 Å². The lowest BCUT2D eigenvalue weighted by Gasteiger charge is -2.15. The van der Waals surface area contributed by atoms with Crippen molar-refractivity contribution in [3.8, 4) is 0 Å². The highest BCUT2D eigenvalue weighted by Crippen LogP contribution is 2.11. The van der Waals surface area contributed by atoms with E-state index in [9.17, 15) is 9.59 Å². The van der Waals surface area contributed by atoms with Gasteiger partial charge in [0.2, 0.25) is 0 Å². The van der Waals surface area contributed by atoms with Gasteiger partial charge in [-0.1, -0.05) is 0 Å². The first-order valence-corrected chi connectivity index (χ1v) is 5.97. The number of nitrogens with zero attached hydrogens (tertiary/aromatic N) is 2. The zero-order valence-corrected chi connectivity index (χ0v) is 11.2. The number of amides is 1. The van der Waals surface area contributed by atoms with E-state index in [1.54, 1.807) is 7.05 Å². The molecule has 0 spiro atoms. The van der Waals surface area contributed by atoms with E-state index in [4.69, 9.17) is 9.52 Å². The summed E-state index contributed by atoms with van der Waals surface area (Å²) in [5.74, 6) is 0.105. The molecule has 1 amide bonds. The highest BCUT2D eigenvalue weighted by Gasteiger charge is 2.15. The fourth-order valence-electron chi connectivity index (χ4n) is 1.74. The lowest BCUT2D eigenvalue weighted by atomic mass is 10.2. The molecule has 0 saturated heterocycles. The molecule has 0 atom stereocenters. The summed E-state index contributed by atoms with van der Waals surface area (Å²) in [6, 6.07) is 6.39. The van der Waals surface area contributed by atoms with E-state index in [1.807, 2.05) is 19.1 Å². The molecule has 104 valence electrons. The summed E-state index contributed by atoms with van der Waals surface area (Å²) >= 11 is 0. The number of carbonyl (C=O) groups excluding carboxylic acids is 1. The van der Waals surface area contributed by atoms with Crippen LogP contribution in [0, 0.1) is 6.92 Å². The van der Waals surface area contributed by atoms with E-state index in [-0.39, 0.29) is 11.6 Å². The molecule has 20 heavy (non-hydrogen) atoms. The number of rotatable bonds is 4. The van der Waals surface area contributed by atoms with Crippen LogP contribution in [0.5, 0.6) is 0 Å². The van der Waals surface area contributed by atoms with Gasteiger partial charge < -0.3 is 14.4 Å². The first-order valence-electron chi connectivity index (χ1n) is 5.97. The molecule has 0 aromatic carbocycles. The van der Waals surface area contributed by atoms with Crippen molar-refractivity contribution in [3.05, 3.63) is 53.2 Å². The number of furan rings is 1. The Morgan fingerprint density at radius 2 is 2.05 bits per heavy atom. The SMILES string of the molecule is Cc1ccc(CN(C)C(=O)c2ccc(C(=O)O)nc2)o1. The summed E-state index contributed by atoms with van der Waals surface area (Å²) < 4.78 is 5.40. The van der Waals surface area contributed by atoms with E-state index < -0.39 is 5.97 Å². The zero-order chi connectivity index (χ0) is 14.7. The molecule has 0 bridgehead atoms. The van der Waals surface area contributed by atoms with Crippen LogP contribution in [0.2, 0.25) is 0 Å². The van der Waals surface area contributed by atoms with Gasteiger partial charge in [0.15, 0.2) is 0 Å². The molecule has 2 heterocycles. The number of carboxylic acids is 1. The molecule has 0 aliphatic carbocycles. The monoisotopic (exact) mass is 274 g/mol. The molecule has 2 aromatic heterocycles. The van der Waals surface area contributed by atoms with Gasteiger partial charge in [-0.2, -0.15) is 0 Å². The van der Waals surface area contributed by atoms with Crippen molar-refractivity contribution in [3.63, 3.8) is 0 Å². The Labute approximate surface area is 115 Å². The Balaban J connectivity index is 2.08. The maximum Gasteiger partial charge on any atom is 0.354 e.